The minimum absolute atomic E-state index is 0.115. The highest BCUT2D eigenvalue weighted by molar-refractivity contribution is 6.40. The number of hydrogen-bond acceptors (Lipinski definition) is 5. The van der Waals surface area contributed by atoms with Crippen molar-refractivity contribution in [1.29, 1.82) is 0 Å². The van der Waals surface area contributed by atoms with Gasteiger partial charge in [-0.1, -0.05) is 41.4 Å². The number of nitrogens with zero attached hydrogens (tertiary/aromatic N) is 2. The molecule has 36 heavy (non-hydrogen) atoms. The molecule has 2 heterocycles. The van der Waals surface area contributed by atoms with Crippen molar-refractivity contribution in [3.63, 3.8) is 0 Å². The SMILES string of the molecule is CC=CC(=O)Nc1cccc(N2CC[C@H](NC(=O)c3[nH]ncc3NC(=O)c3c(Cl)cccc3Cl)C2)c1. The highest BCUT2D eigenvalue weighted by Gasteiger charge is 2.27. The molecule has 0 spiro atoms. The molecule has 186 valence electrons. The lowest BCUT2D eigenvalue weighted by atomic mass is 10.2. The second-order valence-electron chi connectivity index (χ2n) is 8.15. The fourth-order valence-corrected chi connectivity index (χ4v) is 4.51. The number of amides is 3. The van der Waals surface area contributed by atoms with E-state index in [4.69, 9.17) is 23.2 Å². The fourth-order valence-electron chi connectivity index (χ4n) is 3.94. The number of H-pyrrole nitrogens is 1. The molecule has 0 aliphatic carbocycles. The minimum Gasteiger partial charge on any atom is -0.369 e. The van der Waals surface area contributed by atoms with Crippen LogP contribution in [0.5, 0.6) is 0 Å². The minimum atomic E-state index is -0.547. The number of carbonyl (C=O) groups is 3. The van der Waals surface area contributed by atoms with Gasteiger partial charge in [0.1, 0.15) is 5.69 Å². The molecule has 0 saturated carbocycles. The van der Waals surface area contributed by atoms with Crippen LogP contribution in [0.1, 0.15) is 34.2 Å². The first-order valence-electron chi connectivity index (χ1n) is 11.2. The molecule has 3 amide bonds. The quantitative estimate of drug-likeness (QED) is 0.338. The van der Waals surface area contributed by atoms with Crippen LogP contribution < -0.4 is 20.9 Å². The monoisotopic (exact) mass is 526 g/mol. The van der Waals surface area contributed by atoms with Crippen molar-refractivity contribution in [3.8, 4) is 0 Å². The number of hydrogen-bond donors (Lipinski definition) is 4. The lowest BCUT2D eigenvalue weighted by Gasteiger charge is -2.20. The number of aromatic amines is 1. The van der Waals surface area contributed by atoms with Crippen molar-refractivity contribution in [3.05, 3.63) is 82.1 Å². The molecule has 1 atom stereocenters. The van der Waals surface area contributed by atoms with E-state index >= 15 is 0 Å². The highest BCUT2D eigenvalue weighted by Crippen LogP contribution is 2.26. The maximum Gasteiger partial charge on any atom is 0.271 e. The van der Waals surface area contributed by atoms with Gasteiger partial charge in [0.05, 0.1) is 27.5 Å². The largest absolute Gasteiger partial charge is 0.369 e. The summed E-state index contributed by atoms with van der Waals surface area (Å²) in [6.07, 6.45) is 5.22. The molecular weight excluding hydrogens is 503 g/mol. The van der Waals surface area contributed by atoms with E-state index in [1.54, 1.807) is 31.2 Å². The second-order valence-corrected chi connectivity index (χ2v) is 8.97. The summed E-state index contributed by atoms with van der Waals surface area (Å²) in [6.45, 7) is 3.10. The number of rotatable bonds is 7. The van der Waals surface area contributed by atoms with Crippen LogP contribution in [0.15, 0.2) is 60.8 Å². The lowest BCUT2D eigenvalue weighted by Crippen LogP contribution is -2.37. The molecule has 1 aliphatic rings. The Morgan fingerprint density at radius 1 is 1.08 bits per heavy atom. The Hall–Kier alpha value is -3.82. The maximum atomic E-state index is 13.0. The first-order valence-corrected chi connectivity index (χ1v) is 12.0. The zero-order valence-electron chi connectivity index (χ0n) is 19.3. The third kappa shape index (κ3) is 5.87. The summed E-state index contributed by atoms with van der Waals surface area (Å²) < 4.78 is 0. The van der Waals surface area contributed by atoms with E-state index in [9.17, 15) is 14.4 Å². The van der Waals surface area contributed by atoms with Gasteiger partial charge in [-0.05, 0) is 49.8 Å². The summed E-state index contributed by atoms with van der Waals surface area (Å²) in [4.78, 5) is 39.6. The molecule has 0 unspecified atom stereocenters. The molecule has 1 saturated heterocycles. The van der Waals surface area contributed by atoms with Crippen LogP contribution in [-0.4, -0.2) is 47.1 Å². The highest BCUT2D eigenvalue weighted by atomic mass is 35.5. The molecule has 0 radical (unpaired) electrons. The molecule has 1 fully saturated rings. The molecule has 11 heteroatoms. The van der Waals surface area contributed by atoms with Crippen LogP contribution >= 0.6 is 23.2 Å². The number of allylic oxidation sites excluding steroid dienone is 1. The topological polar surface area (TPSA) is 119 Å². The second kappa shape index (κ2) is 11.3. The average molecular weight is 527 g/mol. The summed E-state index contributed by atoms with van der Waals surface area (Å²) in [7, 11) is 0. The van der Waals surface area contributed by atoms with Crippen LogP contribution in [0.3, 0.4) is 0 Å². The van der Waals surface area contributed by atoms with E-state index in [2.05, 4.69) is 31.0 Å². The van der Waals surface area contributed by atoms with Crippen molar-refractivity contribution in [1.82, 2.24) is 15.5 Å². The summed E-state index contributed by atoms with van der Waals surface area (Å²) in [6, 6.07) is 12.2. The standard InChI is InChI=1S/C25H24Cl2N6O3/c1-2-5-21(34)29-15-6-3-7-17(12-15)33-11-10-16(14-33)30-25(36)23-20(13-28-32-23)31-24(35)22-18(26)8-4-9-19(22)27/h2-9,12-13,16H,10-11,14H2,1H3,(H,28,32)(H,29,34)(H,30,36)(H,31,35)/t16-/m0/s1. The predicted octanol–water partition coefficient (Wildman–Crippen LogP) is 4.49. The Kier molecular flexibility index (Phi) is 7.92. The molecule has 4 rings (SSSR count). The normalized spacial score (nSPS) is 15.2. The van der Waals surface area contributed by atoms with Crippen LogP contribution in [0, 0.1) is 0 Å². The van der Waals surface area contributed by atoms with Crippen molar-refractivity contribution < 1.29 is 14.4 Å². The van der Waals surface area contributed by atoms with Gasteiger partial charge in [-0.2, -0.15) is 5.10 Å². The van der Waals surface area contributed by atoms with Gasteiger partial charge in [-0.25, -0.2) is 0 Å². The zero-order chi connectivity index (χ0) is 25.7. The Labute approximate surface area is 217 Å². The van der Waals surface area contributed by atoms with E-state index in [1.807, 2.05) is 24.3 Å². The van der Waals surface area contributed by atoms with Gasteiger partial charge in [-0.15, -0.1) is 0 Å². The zero-order valence-corrected chi connectivity index (χ0v) is 20.9. The van der Waals surface area contributed by atoms with Gasteiger partial charge in [0.25, 0.3) is 11.8 Å². The summed E-state index contributed by atoms with van der Waals surface area (Å²) >= 11 is 12.2. The van der Waals surface area contributed by atoms with E-state index in [1.165, 1.54) is 12.3 Å². The Morgan fingerprint density at radius 3 is 2.58 bits per heavy atom. The first-order chi connectivity index (χ1) is 17.4. The predicted molar refractivity (Wildman–Crippen MR) is 141 cm³/mol. The summed E-state index contributed by atoms with van der Waals surface area (Å²) in [5.74, 6) is -1.14. The third-order valence-electron chi connectivity index (χ3n) is 5.62. The van der Waals surface area contributed by atoms with Crippen LogP contribution in [0.2, 0.25) is 10.0 Å². The maximum absolute atomic E-state index is 13.0. The Morgan fingerprint density at radius 2 is 1.83 bits per heavy atom. The smallest absolute Gasteiger partial charge is 0.271 e. The van der Waals surface area contributed by atoms with Crippen LogP contribution in [-0.2, 0) is 4.79 Å². The molecule has 1 aromatic heterocycles. The molecular formula is C25H24Cl2N6O3. The lowest BCUT2D eigenvalue weighted by molar-refractivity contribution is -0.111. The fraction of sp³-hybridized carbons (Fsp3) is 0.200. The van der Waals surface area contributed by atoms with E-state index in [0.29, 0.717) is 12.2 Å². The average Bonchev–Trinajstić information content (AvgIpc) is 3.49. The number of aromatic nitrogens is 2. The molecule has 3 aromatic rings. The van der Waals surface area contributed by atoms with Crippen molar-refractivity contribution in [2.45, 2.75) is 19.4 Å². The van der Waals surface area contributed by atoms with Gasteiger partial charge in [0.2, 0.25) is 5.91 Å². The number of anilines is 3. The number of carbonyl (C=O) groups excluding carboxylic acids is 3. The van der Waals surface area contributed by atoms with Gasteiger partial charge >= 0.3 is 0 Å². The first kappa shape index (κ1) is 25.3. The van der Waals surface area contributed by atoms with Gasteiger partial charge in [-0.3, -0.25) is 19.5 Å². The Bertz CT molecular complexity index is 1300. The van der Waals surface area contributed by atoms with Gasteiger partial charge < -0.3 is 20.9 Å². The molecule has 1 aliphatic heterocycles. The van der Waals surface area contributed by atoms with E-state index in [0.717, 1.165) is 18.7 Å². The van der Waals surface area contributed by atoms with Crippen molar-refractivity contribution >= 4 is 58.0 Å². The van der Waals surface area contributed by atoms with Gasteiger partial charge in [0, 0.05) is 30.5 Å². The Balaban J connectivity index is 1.38. The summed E-state index contributed by atoms with van der Waals surface area (Å²) in [5.41, 5.74) is 2.09. The van der Waals surface area contributed by atoms with Crippen LogP contribution in [0.25, 0.3) is 0 Å². The van der Waals surface area contributed by atoms with E-state index < -0.39 is 11.8 Å². The third-order valence-corrected chi connectivity index (χ3v) is 6.25. The molecule has 4 N–H and O–H groups in total. The summed E-state index contributed by atoms with van der Waals surface area (Å²) in [5, 5.41) is 15.4. The van der Waals surface area contributed by atoms with E-state index in [-0.39, 0.29) is 38.9 Å². The van der Waals surface area contributed by atoms with Crippen molar-refractivity contribution in [2.24, 2.45) is 0 Å². The number of nitrogens with one attached hydrogen (secondary N) is 4. The molecule has 9 nitrogen and oxygen atoms in total. The molecule has 2 aromatic carbocycles. The number of benzene rings is 2. The number of halogens is 2. The molecule has 0 bridgehead atoms. The van der Waals surface area contributed by atoms with Gasteiger partial charge in [0.15, 0.2) is 0 Å². The van der Waals surface area contributed by atoms with Crippen molar-refractivity contribution in [2.75, 3.05) is 28.6 Å². The van der Waals surface area contributed by atoms with Crippen LogP contribution in [0.4, 0.5) is 17.1 Å².